The largest absolute Gasteiger partial charge is 0.474 e. The number of piperidine rings is 1. The Morgan fingerprint density at radius 1 is 1.21 bits per heavy atom. The summed E-state index contributed by atoms with van der Waals surface area (Å²) in [5, 5.41) is 2.94. The summed E-state index contributed by atoms with van der Waals surface area (Å²) >= 11 is 0. The molecule has 0 spiro atoms. The smallest absolute Gasteiger partial charge is 0.317 e. The quantitative estimate of drug-likeness (QED) is 0.777. The molecule has 0 atom stereocenters. The summed E-state index contributed by atoms with van der Waals surface area (Å²) in [5.74, 6) is 0.447. The van der Waals surface area contributed by atoms with E-state index < -0.39 is 10.0 Å². The molecule has 1 aliphatic heterocycles. The van der Waals surface area contributed by atoms with Crippen molar-refractivity contribution in [2.75, 3.05) is 30.7 Å². The molecule has 2 aromatic rings. The van der Waals surface area contributed by atoms with Crippen LogP contribution in [0.5, 0.6) is 5.88 Å². The molecule has 8 nitrogen and oxygen atoms in total. The number of carbonyl (C=O) groups excluding carboxylic acids is 1. The second-order valence-electron chi connectivity index (χ2n) is 7.03. The number of nitrogens with one attached hydrogen (secondary N) is 1. The fourth-order valence-electron chi connectivity index (χ4n) is 3.05. The number of hydrogen-bond acceptors (Lipinski definition) is 5. The van der Waals surface area contributed by atoms with Gasteiger partial charge in [-0.05, 0) is 11.6 Å². The van der Waals surface area contributed by atoms with Gasteiger partial charge in [0.1, 0.15) is 6.10 Å². The van der Waals surface area contributed by atoms with Gasteiger partial charge in [0.05, 0.1) is 18.1 Å². The van der Waals surface area contributed by atoms with Crippen molar-refractivity contribution in [1.82, 2.24) is 15.2 Å². The second kappa shape index (κ2) is 9.13. The molecule has 1 N–H and O–H groups in total. The molecule has 1 aliphatic rings. The Labute approximate surface area is 171 Å². The van der Waals surface area contributed by atoms with E-state index in [4.69, 9.17) is 4.74 Å². The molecule has 0 aliphatic carbocycles. The molecule has 156 valence electrons. The number of pyridine rings is 1. The fraction of sp³-hybridized carbons (Fsp3) is 0.400. The minimum Gasteiger partial charge on any atom is -0.474 e. The maximum atomic E-state index is 12.3. The first-order chi connectivity index (χ1) is 13.8. The summed E-state index contributed by atoms with van der Waals surface area (Å²) in [6.45, 7) is 1.73. The van der Waals surface area contributed by atoms with E-state index in [0.717, 1.165) is 16.1 Å². The van der Waals surface area contributed by atoms with Crippen molar-refractivity contribution in [2.24, 2.45) is 0 Å². The summed E-state index contributed by atoms with van der Waals surface area (Å²) in [6.07, 6.45) is 4.01. The van der Waals surface area contributed by atoms with Gasteiger partial charge in [0, 0.05) is 45.6 Å². The third-order valence-corrected chi connectivity index (χ3v) is 6.09. The Morgan fingerprint density at radius 3 is 2.48 bits per heavy atom. The SMILES string of the molecule is CN(c1ccc(OC2CCN(C(=O)NCc3ccccc3)CC2)nc1)S(C)(=O)=O. The lowest BCUT2D eigenvalue weighted by Gasteiger charge is -2.32. The standard InChI is InChI=1S/C20H26N4O4S/c1-23(29(2,26)27)17-8-9-19(21-15-17)28-18-10-12-24(13-11-18)20(25)22-14-16-6-4-3-5-7-16/h3-9,15,18H,10-14H2,1-2H3,(H,22,25). The van der Waals surface area contributed by atoms with E-state index in [9.17, 15) is 13.2 Å². The van der Waals surface area contributed by atoms with Gasteiger partial charge >= 0.3 is 6.03 Å². The van der Waals surface area contributed by atoms with E-state index in [0.29, 0.717) is 44.0 Å². The molecule has 29 heavy (non-hydrogen) atoms. The molecule has 0 radical (unpaired) electrons. The number of nitrogens with zero attached hydrogens (tertiary/aromatic N) is 3. The molecule has 0 unspecified atom stereocenters. The van der Waals surface area contributed by atoms with Crippen molar-refractivity contribution in [2.45, 2.75) is 25.5 Å². The topological polar surface area (TPSA) is 91.8 Å². The van der Waals surface area contributed by atoms with E-state index in [1.165, 1.54) is 13.2 Å². The van der Waals surface area contributed by atoms with Crippen molar-refractivity contribution in [1.29, 1.82) is 0 Å². The van der Waals surface area contributed by atoms with Gasteiger partial charge in [-0.3, -0.25) is 4.31 Å². The first-order valence-corrected chi connectivity index (χ1v) is 11.3. The van der Waals surface area contributed by atoms with Crippen LogP contribution in [0.2, 0.25) is 0 Å². The average molecular weight is 419 g/mol. The van der Waals surface area contributed by atoms with Crippen LogP contribution in [0.25, 0.3) is 0 Å². The monoisotopic (exact) mass is 418 g/mol. The number of hydrogen-bond donors (Lipinski definition) is 1. The summed E-state index contributed by atoms with van der Waals surface area (Å²) in [5.41, 5.74) is 1.54. The molecule has 1 aromatic heterocycles. The highest BCUT2D eigenvalue weighted by Crippen LogP contribution is 2.21. The molecular weight excluding hydrogens is 392 g/mol. The Balaban J connectivity index is 1.45. The van der Waals surface area contributed by atoms with Crippen molar-refractivity contribution < 1.29 is 17.9 Å². The van der Waals surface area contributed by atoms with Gasteiger partial charge < -0.3 is 15.0 Å². The highest BCUT2D eigenvalue weighted by Gasteiger charge is 2.24. The number of carbonyl (C=O) groups is 1. The predicted octanol–water partition coefficient (Wildman–Crippen LogP) is 2.23. The van der Waals surface area contributed by atoms with Crippen LogP contribution >= 0.6 is 0 Å². The van der Waals surface area contributed by atoms with E-state index >= 15 is 0 Å². The molecule has 1 saturated heterocycles. The lowest BCUT2D eigenvalue weighted by molar-refractivity contribution is 0.107. The van der Waals surface area contributed by atoms with Crippen LogP contribution in [0.1, 0.15) is 18.4 Å². The molecule has 2 amide bonds. The van der Waals surface area contributed by atoms with E-state index in [-0.39, 0.29) is 12.1 Å². The third-order valence-electron chi connectivity index (χ3n) is 4.88. The number of sulfonamides is 1. The van der Waals surface area contributed by atoms with E-state index in [1.807, 2.05) is 30.3 Å². The number of urea groups is 1. The van der Waals surface area contributed by atoms with Crippen LogP contribution in [-0.4, -0.2) is 56.8 Å². The molecular formula is C20H26N4O4S. The van der Waals surface area contributed by atoms with Gasteiger partial charge in [-0.25, -0.2) is 18.2 Å². The Hall–Kier alpha value is -2.81. The second-order valence-corrected chi connectivity index (χ2v) is 9.05. The Bertz CT molecular complexity index is 911. The van der Waals surface area contributed by atoms with Crippen LogP contribution in [0.3, 0.4) is 0 Å². The van der Waals surface area contributed by atoms with E-state index in [1.54, 1.807) is 17.0 Å². The first kappa shape index (κ1) is 20.9. The highest BCUT2D eigenvalue weighted by atomic mass is 32.2. The summed E-state index contributed by atoms with van der Waals surface area (Å²) < 4.78 is 30.2. The van der Waals surface area contributed by atoms with Crippen LogP contribution in [-0.2, 0) is 16.6 Å². The van der Waals surface area contributed by atoms with Crippen LogP contribution in [0.4, 0.5) is 10.5 Å². The molecule has 1 aromatic carbocycles. The minimum absolute atomic E-state index is 0.0286. The molecule has 1 fully saturated rings. The van der Waals surface area contributed by atoms with Gasteiger partial charge in [-0.2, -0.15) is 0 Å². The lowest BCUT2D eigenvalue weighted by Crippen LogP contribution is -2.46. The lowest BCUT2D eigenvalue weighted by atomic mass is 10.1. The minimum atomic E-state index is -3.32. The zero-order chi connectivity index (χ0) is 20.9. The maximum absolute atomic E-state index is 12.3. The van der Waals surface area contributed by atoms with Gasteiger partial charge in [0.25, 0.3) is 0 Å². The number of anilines is 1. The predicted molar refractivity (Wildman–Crippen MR) is 111 cm³/mol. The van der Waals surface area contributed by atoms with Gasteiger partial charge in [0.2, 0.25) is 15.9 Å². The van der Waals surface area contributed by atoms with Crippen molar-refractivity contribution in [3.63, 3.8) is 0 Å². The summed E-state index contributed by atoms with van der Waals surface area (Å²) in [7, 11) is -1.85. The molecule has 2 heterocycles. The van der Waals surface area contributed by atoms with Crippen LogP contribution < -0.4 is 14.4 Å². The van der Waals surface area contributed by atoms with Crippen LogP contribution in [0, 0.1) is 0 Å². The molecule has 3 rings (SSSR count). The molecule has 0 bridgehead atoms. The Kier molecular flexibility index (Phi) is 6.58. The Morgan fingerprint density at radius 2 is 1.90 bits per heavy atom. The number of rotatable bonds is 6. The summed E-state index contributed by atoms with van der Waals surface area (Å²) in [4.78, 5) is 18.3. The average Bonchev–Trinajstić information content (AvgIpc) is 2.73. The number of amides is 2. The van der Waals surface area contributed by atoms with E-state index in [2.05, 4.69) is 10.3 Å². The number of benzene rings is 1. The van der Waals surface area contributed by atoms with Crippen molar-refractivity contribution >= 4 is 21.7 Å². The van der Waals surface area contributed by atoms with Gasteiger partial charge in [0.15, 0.2) is 0 Å². The first-order valence-electron chi connectivity index (χ1n) is 9.46. The van der Waals surface area contributed by atoms with Gasteiger partial charge in [-0.15, -0.1) is 0 Å². The van der Waals surface area contributed by atoms with Crippen molar-refractivity contribution in [3.8, 4) is 5.88 Å². The maximum Gasteiger partial charge on any atom is 0.317 e. The number of aromatic nitrogens is 1. The fourth-order valence-corrected chi connectivity index (χ4v) is 3.54. The summed E-state index contributed by atoms with van der Waals surface area (Å²) in [6, 6.07) is 13.1. The van der Waals surface area contributed by atoms with Crippen LogP contribution in [0.15, 0.2) is 48.7 Å². The molecule has 0 saturated carbocycles. The molecule has 9 heteroatoms. The highest BCUT2D eigenvalue weighted by molar-refractivity contribution is 7.92. The number of ether oxygens (including phenoxy) is 1. The van der Waals surface area contributed by atoms with Crippen molar-refractivity contribution in [3.05, 3.63) is 54.2 Å². The third kappa shape index (κ3) is 5.83. The zero-order valence-corrected chi connectivity index (χ0v) is 17.4. The van der Waals surface area contributed by atoms with Gasteiger partial charge in [-0.1, -0.05) is 30.3 Å². The zero-order valence-electron chi connectivity index (χ0n) is 16.6. The normalized spacial score (nSPS) is 15.0. The number of likely N-dealkylation sites (tertiary alicyclic amines) is 1.